The molecular formula is C15H22N2S. The van der Waals surface area contributed by atoms with Crippen LogP contribution in [0, 0.1) is 17.2 Å². The number of hydrogen-bond donors (Lipinski definition) is 1. The van der Waals surface area contributed by atoms with E-state index in [9.17, 15) is 0 Å². The predicted octanol–water partition coefficient (Wildman–Crippen LogP) is 4.07. The lowest BCUT2D eigenvalue weighted by molar-refractivity contribution is 0.337. The van der Waals surface area contributed by atoms with Gasteiger partial charge in [0.2, 0.25) is 0 Å². The van der Waals surface area contributed by atoms with Crippen LogP contribution in [0.5, 0.6) is 0 Å². The SMILES string of the molecule is C[C@H](NCc1ccc(C#N)s1)C1CCCCCC1. The van der Waals surface area contributed by atoms with Crippen molar-refractivity contribution in [2.75, 3.05) is 0 Å². The summed E-state index contributed by atoms with van der Waals surface area (Å²) in [6.45, 7) is 3.22. The summed E-state index contributed by atoms with van der Waals surface area (Å²) in [6.07, 6.45) is 8.38. The smallest absolute Gasteiger partial charge is 0.110 e. The lowest BCUT2D eigenvalue weighted by Crippen LogP contribution is -2.32. The van der Waals surface area contributed by atoms with Crippen molar-refractivity contribution in [3.63, 3.8) is 0 Å². The van der Waals surface area contributed by atoms with Crippen molar-refractivity contribution in [3.05, 3.63) is 21.9 Å². The third-order valence-corrected chi connectivity index (χ3v) is 4.97. The van der Waals surface area contributed by atoms with E-state index < -0.39 is 0 Å². The van der Waals surface area contributed by atoms with E-state index in [0.29, 0.717) is 6.04 Å². The van der Waals surface area contributed by atoms with Gasteiger partial charge in [-0.25, -0.2) is 0 Å². The first-order valence-electron chi connectivity index (χ1n) is 7.02. The molecular weight excluding hydrogens is 240 g/mol. The van der Waals surface area contributed by atoms with Gasteiger partial charge >= 0.3 is 0 Å². The van der Waals surface area contributed by atoms with Crippen LogP contribution in [0.15, 0.2) is 12.1 Å². The van der Waals surface area contributed by atoms with Gasteiger partial charge in [-0.3, -0.25) is 0 Å². The van der Waals surface area contributed by atoms with E-state index in [-0.39, 0.29) is 0 Å². The van der Waals surface area contributed by atoms with Crippen LogP contribution in [-0.4, -0.2) is 6.04 Å². The van der Waals surface area contributed by atoms with Crippen molar-refractivity contribution < 1.29 is 0 Å². The van der Waals surface area contributed by atoms with E-state index in [0.717, 1.165) is 17.3 Å². The second kappa shape index (κ2) is 6.92. The Labute approximate surface area is 114 Å². The number of nitrogens with one attached hydrogen (secondary N) is 1. The minimum Gasteiger partial charge on any atom is -0.309 e. The third-order valence-electron chi connectivity index (χ3n) is 3.98. The summed E-state index contributed by atoms with van der Waals surface area (Å²) >= 11 is 1.60. The molecule has 18 heavy (non-hydrogen) atoms. The summed E-state index contributed by atoms with van der Waals surface area (Å²) in [6, 6.07) is 6.77. The highest BCUT2D eigenvalue weighted by Crippen LogP contribution is 2.26. The molecule has 1 saturated carbocycles. The lowest BCUT2D eigenvalue weighted by Gasteiger charge is -2.23. The standard InChI is InChI=1S/C15H22N2S/c1-12(13-6-4-2-3-5-7-13)17-11-15-9-8-14(10-16)18-15/h8-9,12-13,17H,2-7,11H2,1H3/t12-/m0/s1. The Hall–Kier alpha value is -0.850. The monoisotopic (exact) mass is 262 g/mol. The van der Waals surface area contributed by atoms with Crippen LogP contribution in [-0.2, 0) is 6.54 Å². The molecule has 0 amide bonds. The molecule has 0 aromatic carbocycles. The van der Waals surface area contributed by atoms with Crippen molar-refractivity contribution >= 4 is 11.3 Å². The Kier molecular flexibility index (Phi) is 5.22. The van der Waals surface area contributed by atoms with Crippen molar-refractivity contribution in [3.8, 4) is 6.07 Å². The van der Waals surface area contributed by atoms with Crippen molar-refractivity contribution in [1.29, 1.82) is 5.26 Å². The zero-order chi connectivity index (χ0) is 12.8. The molecule has 3 heteroatoms. The van der Waals surface area contributed by atoms with Gasteiger partial charge in [0.05, 0.1) is 0 Å². The minimum atomic E-state index is 0.593. The Morgan fingerprint density at radius 2 is 2.06 bits per heavy atom. The molecule has 0 unspecified atom stereocenters. The van der Waals surface area contributed by atoms with Crippen LogP contribution in [0.25, 0.3) is 0 Å². The molecule has 0 bridgehead atoms. The molecule has 1 heterocycles. The van der Waals surface area contributed by atoms with Crippen LogP contribution < -0.4 is 5.32 Å². The molecule has 1 aliphatic rings. The van der Waals surface area contributed by atoms with Gasteiger partial charge in [-0.2, -0.15) is 5.26 Å². The fourth-order valence-electron chi connectivity index (χ4n) is 2.77. The molecule has 1 aliphatic carbocycles. The molecule has 1 aromatic heterocycles. The molecule has 1 atom stereocenters. The number of thiophene rings is 1. The second-order valence-electron chi connectivity index (χ2n) is 5.30. The van der Waals surface area contributed by atoms with Crippen LogP contribution in [0.3, 0.4) is 0 Å². The summed E-state index contributed by atoms with van der Waals surface area (Å²) in [4.78, 5) is 2.08. The lowest BCUT2D eigenvalue weighted by atomic mass is 9.93. The maximum Gasteiger partial charge on any atom is 0.110 e. The van der Waals surface area contributed by atoms with E-state index in [1.165, 1.54) is 43.4 Å². The highest BCUT2D eigenvalue weighted by Gasteiger charge is 2.18. The number of hydrogen-bond acceptors (Lipinski definition) is 3. The minimum absolute atomic E-state index is 0.593. The molecule has 98 valence electrons. The zero-order valence-corrected chi connectivity index (χ0v) is 11.9. The summed E-state index contributed by atoms with van der Waals surface area (Å²) in [5, 5.41) is 12.4. The molecule has 1 fully saturated rings. The van der Waals surface area contributed by atoms with E-state index in [2.05, 4.69) is 24.4 Å². The average molecular weight is 262 g/mol. The van der Waals surface area contributed by atoms with Gasteiger partial charge in [-0.05, 0) is 37.8 Å². The van der Waals surface area contributed by atoms with Crippen LogP contribution in [0.4, 0.5) is 0 Å². The Bertz CT molecular complexity index is 397. The highest BCUT2D eigenvalue weighted by atomic mass is 32.1. The van der Waals surface area contributed by atoms with Crippen molar-refractivity contribution in [1.82, 2.24) is 5.32 Å². The van der Waals surface area contributed by atoms with Crippen molar-refractivity contribution in [2.45, 2.75) is 58.0 Å². The van der Waals surface area contributed by atoms with Crippen LogP contribution in [0.1, 0.15) is 55.2 Å². The number of nitrogens with zero attached hydrogens (tertiary/aromatic N) is 1. The molecule has 2 rings (SSSR count). The van der Waals surface area contributed by atoms with E-state index in [4.69, 9.17) is 5.26 Å². The maximum absolute atomic E-state index is 8.80. The summed E-state index contributed by atoms with van der Waals surface area (Å²) in [5.74, 6) is 0.836. The Balaban J connectivity index is 1.80. The number of rotatable bonds is 4. The molecule has 0 spiro atoms. The van der Waals surface area contributed by atoms with Gasteiger partial charge in [-0.1, -0.05) is 25.7 Å². The second-order valence-corrected chi connectivity index (χ2v) is 6.47. The molecule has 0 saturated heterocycles. The van der Waals surface area contributed by atoms with E-state index in [1.54, 1.807) is 11.3 Å². The van der Waals surface area contributed by atoms with Crippen LogP contribution >= 0.6 is 11.3 Å². The first-order valence-corrected chi connectivity index (χ1v) is 7.83. The number of nitriles is 1. The van der Waals surface area contributed by atoms with Gasteiger partial charge in [0.15, 0.2) is 0 Å². The Morgan fingerprint density at radius 1 is 1.33 bits per heavy atom. The molecule has 1 aromatic rings. The van der Waals surface area contributed by atoms with Crippen molar-refractivity contribution in [2.24, 2.45) is 5.92 Å². The largest absolute Gasteiger partial charge is 0.309 e. The van der Waals surface area contributed by atoms with E-state index in [1.807, 2.05) is 6.07 Å². The average Bonchev–Trinajstić information content (AvgIpc) is 2.68. The molecule has 0 aliphatic heterocycles. The maximum atomic E-state index is 8.80. The summed E-state index contributed by atoms with van der Waals surface area (Å²) in [5.41, 5.74) is 0. The first kappa shape index (κ1) is 13.6. The summed E-state index contributed by atoms with van der Waals surface area (Å²) in [7, 11) is 0. The normalized spacial score (nSPS) is 19.1. The zero-order valence-electron chi connectivity index (χ0n) is 11.1. The van der Waals surface area contributed by atoms with Gasteiger partial charge in [0, 0.05) is 17.5 Å². The van der Waals surface area contributed by atoms with E-state index >= 15 is 0 Å². The fraction of sp³-hybridized carbons (Fsp3) is 0.667. The topological polar surface area (TPSA) is 35.8 Å². The summed E-state index contributed by atoms with van der Waals surface area (Å²) < 4.78 is 0. The molecule has 0 radical (unpaired) electrons. The third kappa shape index (κ3) is 3.83. The Morgan fingerprint density at radius 3 is 2.67 bits per heavy atom. The predicted molar refractivity (Wildman–Crippen MR) is 76.5 cm³/mol. The molecule has 1 N–H and O–H groups in total. The van der Waals surface area contributed by atoms with Gasteiger partial charge in [0.25, 0.3) is 0 Å². The van der Waals surface area contributed by atoms with Gasteiger partial charge in [-0.15, -0.1) is 11.3 Å². The van der Waals surface area contributed by atoms with Gasteiger partial charge < -0.3 is 5.32 Å². The highest BCUT2D eigenvalue weighted by molar-refractivity contribution is 7.12. The van der Waals surface area contributed by atoms with Crippen LogP contribution in [0.2, 0.25) is 0 Å². The quantitative estimate of drug-likeness (QED) is 0.830. The molecule has 2 nitrogen and oxygen atoms in total. The fourth-order valence-corrected chi connectivity index (χ4v) is 3.53. The van der Waals surface area contributed by atoms with Gasteiger partial charge in [0.1, 0.15) is 10.9 Å². The first-order chi connectivity index (χ1) is 8.79.